The zero-order valence-electron chi connectivity index (χ0n) is 9.76. The molecule has 0 aromatic heterocycles. The first kappa shape index (κ1) is 10.8. The van der Waals surface area contributed by atoms with Gasteiger partial charge in [0.05, 0.1) is 18.4 Å². The highest BCUT2D eigenvalue weighted by Crippen LogP contribution is 2.72. The van der Waals surface area contributed by atoms with E-state index < -0.39 is 17.8 Å². The summed E-state index contributed by atoms with van der Waals surface area (Å²) in [5.41, 5.74) is 0.0838. The summed E-state index contributed by atoms with van der Waals surface area (Å²) in [5.74, 6) is -2.10. The zero-order valence-corrected chi connectivity index (χ0v) is 9.76. The van der Waals surface area contributed by atoms with Crippen molar-refractivity contribution >= 4 is 11.9 Å². The second-order valence-electron chi connectivity index (χ2n) is 5.31. The number of allylic oxidation sites excluding steroid dienone is 2. The van der Waals surface area contributed by atoms with E-state index in [1.807, 2.05) is 12.2 Å². The van der Waals surface area contributed by atoms with Gasteiger partial charge in [-0.25, -0.2) is 0 Å². The maximum absolute atomic E-state index is 11.9. The molecule has 0 saturated heterocycles. The van der Waals surface area contributed by atoms with Crippen LogP contribution in [-0.2, 0) is 14.3 Å². The number of rotatable bonds is 3. The van der Waals surface area contributed by atoms with Gasteiger partial charge in [0.25, 0.3) is 0 Å². The Hall–Kier alpha value is -1.32. The predicted molar refractivity (Wildman–Crippen MR) is 59.0 cm³/mol. The Labute approximate surface area is 99.6 Å². The highest BCUT2D eigenvalue weighted by Gasteiger charge is 2.70. The topological polar surface area (TPSA) is 63.6 Å². The van der Waals surface area contributed by atoms with Gasteiger partial charge >= 0.3 is 11.9 Å². The number of carboxylic acid groups (broad SMARTS) is 1. The number of esters is 1. The van der Waals surface area contributed by atoms with Gasteiger partial charge in [-0.15, -0.1) is 0 Å². The quantitative estimate of drug-likeness (QED) is 0.595. The first-order chi connectivity index (χ1) is 8.12. The van der Waals surface area contributed by atoms with Crippen molar-refractivity contribution in [2.45, 2.75) is 19.8 Å². The van der Waals surface area contributed by atoms with Gasteiger partial charge in [0.1, 0.15) is 0 Å². The summed E-state index contributed by atoms with van der Waals surface area (Å²) in [5, 5.41) is 9.34. The van der Waals surface area contributed by atoms with Crippen LogP contribution in [0.3, 0.4) is 0 Å². The van der Waals surface area contributed by atoms with Crippen LogP contribution in [0.25, 0.3) is 0 Å². The molecule has 4 atom stereocenters. The molecule has 4 heteroatoms. The molecule has 3 aliphatic carbocycles. The van der Waals surface area contributed by atoms with Gasteiger partial charge in [-0.1, -0.05) is 12.2 Å². The van der Waals surface area contributed by atoms with Crippen molar-refractivity contribution in [2.75, 3.05) is 6.61 Å². The SMILES string of the molecule is CCOC(=O)C1C(C(=O)O)[C@@H]2C=C[C@@H]1C21CC1. The summed E-state index contributed by atoms with van der Waals surface area (Å²) < 4.78 is 5.04. The first-order valence-electron chi connectivity index (χ1n) is 6.19. The third-order valence-corrected chi connectivity index (χ3v) is 4.69. The molecule has 0 radical (unpaired) electrons. The van der Waals surface area contributed by atoms with E-state index in [4.69, 9.17) is 4.74 Å². The number of hydrogen-bond donors (Lipinski definition) is 1. The highest BCUT2D eigenvalue weighted by molar-refractivity contribution is 5.84. The molecule has 0 amide bonds. The van der Waals surface area contributed by atoms with Gasteiger partial charge in [0, 0.05) is 0 Å². The van der Waals surface area contributed by atoms with Crippen molar-refractivity contribution in [1.29, 1.82) is 0 Å². The van der Waals surface area contributed by atoms with Gasteiger partial charge in [-0.3, -0.25) is 9.59 Å². The van der Waals surface area contributed by atoms with E-state index >= 15 is 0 Å². The second-order valence-corrected chi connectivity index (χ2v) is 5.31. The Morgan fingerprint density at radius 2 is 1.88 bits per heavy atom. The van der Waals surface area contributed by atoms with E-state index in [2.05, 4.69) is 0 Å². The predicted octanol–water partition coefficient (Wildman–Crippen LogP) is 1.46. The minimum absolute atomic E-state index is 0.0411. The lowest BCUT2D eigenvalue weighted by molar-refractivity contribution is -0.158. The van der Waals surface area contributed by atoms with Crippen molar-refractivity contribution in [3.05, 3.63) is 12.2 Å². The fourth-order valence-corrected chi connectivity index (χ4v) is 3.90. The molecule has 0 aromatic rings. The number of carbonyl (C=O) groups excluding carboxylic acids is 1. The van der Waals surface area contributed by atoms with Crippen LogP contribution in [0.4, 0.5) is 0 Å². The van der Waals surface area contributed by atoms with Gasteiger partial charge in [-0.2, -0.15) is 0 Å². The molecule has 1 N–H and O–H groups in total. The fraction of sp³-hybridized carbons (Fsp3) is 0.692. The Morgan fingerprint density at radius 1 is 1.29 bits per heavy atom. The Morgan fingerprint density at radius 3 is 2.35 bits per heavy atom. The molecule has 17 heavy (non-hydrogen) atoms. The Kier molecular flexibility index (Phi) is 2.12. The minimum Gasteiger partial charge on any atom is -0.481 e. The van der Waals surface area contributed by atoms with Crippen LogP contribution in [0.5, 0.6) is 0 Å². The Bertz CT molecular complexity index is 408. The number of carbonyl (C=O) groups is 2. The van der Waals surface area contributed by atoms with E-state index in [-0.39, 0.29) is 23.2 Å². The third-order valence-electron chi connectivity index (χ3n) is 4.69. The molecule has 2 saturated carbocycles. The molecule has 3 aliphatic rings. The van der Waals surface area contributed by atoms with E-state index in [0.29, 0.717) is 6.61 Å². The monoisotopic (exact) mass is 236 g/mol. The summed E-state index contributed by atoms with van der Waals surface area (Å²) in [6.07, 6.45) is 6.15. The molecule has 1 spiro atoms. The van der Waals surface area contributed by atoms with Crippen LogP contribution in [0, 0.1) is 29.1 Å². The lowest BCUT2D eigenvalue weighted by Crippen LogP contribution is -2.34. The molecular formula is C13H16O4. The van der Waals surface area contributed by atoms with Crippen molar-refractivity contribution in [3.8, 4) is 0 Å². The maximum Gasteiger partial charge on any atom is 0.310 e. The fourth-order valence-electron chi connectivity index (χ4n) is 3.90. The van der Waals surface area contributed by atoms with Crippen LogP contribution in [0.15, 0.2) is 12.2 Å². The number of hydrogen-bond acceptors (Lipinski definition) is 3. The molecule has 3 rings (SSSR count). The summed E-state index contributed by atoms with van der Waals surface area (Å²) in [7, 11) is 0. The van der Waals surface area contributed by atoms with E-state index in [0.717, 1.165) is 12.8 Å². The number of ether oxygens (including phenoxy) is 1. The van der Waals surface area contributed by atoms with Crippen LogP contribution in [0.1, 0.15) is 19.8 Å². The van der Waals surface area contributed by atoms with Gasteiger partial charge in [-0.05, 0) is 37.0 Å². The van der Waals surface area contributed by atoms with E-state index in [1.54, 1.807) is 6.92 Å². The van der Waals surface area contributed by atoms with Crippen LogP contribution in [0.2, 0.25) is 0 Å². The standard InChI is InChI=1S/C13H16O4/c1-2-17-12(16)10-8-4-3-7(9(10)11(14)15)13(8)5-6-13/h3-4,7-10H,2,5-6H2,1H3,(H,14,15)/t7-,8-,9?,10?/m0/s1. The molecule has 2 bridgehead atoms. The van der Waals surface area contributed by atoms with Crippen LogP contribution >= 0.6 is 0 Å². The minimum atomic E-state index is -0.855. The normalized spacial score (nSPS) is 39.6. The molecule has 92 valence electrons. The molecule has 2 fully saturated rings. The maximum atomic E-state index is 11.9. The molecule has 2 unspecified atom stereocenters. The number of carboxylic acids is 1. The molecular weight excluding hydrogens is 220 g/mol. The van der Waals surface area contributed by atoms with Crippen molar-refractivity contribution < 1.29 is 19.4 Å². The molecule has 0 aliphatic heterocycles. The van der Waals surface area contributed by atoms with Gasteiger partial charge < -0.3 is 9.84 Å². The van der Waals surface area contributed by atoms with Crippen molar-refractivity contribution in [1.82, 2.24) is 0 Å². The van der Waals surface area contributed by atoms with Crippen LogP contribution < -0.4 is 0 Å². The number of aliphatic carboxylic acids is 1. The lowest BCUT2D eigenvalue weighted by atomic mass is 9.83. The summed E-state index contributed by atoms with van der Waals surface area (Å²) in [4.78, 5) is 23.3. The second kappa shape index (κ2) is 3.34. The largest absolute Gasteiger partial charge is 0.481 e. The van der Waals surface area contributed by atoms with Crippen LogP contribution in [-0.4, -0.2) is 23.7 Å². The molecule has 0 aromatic carbocycles. The average molecular weight is 236 g/mol. The van der Waals surface area contributed by atoms with E-state index in [9.17, 15) is 14.7 Å². The summed E-state index contributed by atoms with van der Waals surface area (Å²) in [6.45, 7) is 2.07. The summed E-state index contributed by atoms with van der Waals surface area (Å²) >= 11 is 0. The average Bonchev–Trinajstić information content (AvgIpc) is 2.94. The van der Waals surface area contributed by atoms with Crippen molar-refractivity contribution in [2.24, 2.45) is 29.1 Å². The lowest BCUT2D eigenvalue weighted by Gasteiger charge is -2.22. The molecule has 0 heterocycles. The Balaban J connectivity index is 1.94. The van der Waals surface area contributed by atoms with Gasteiger partial charge in [0.2, 0.25) is 0 Å². The van der Waals surface area contributed by atoms with Gasteiger partial charge in [0.15, 0.2) is 0 Å². The third kappa shape index (κ3) is 1.24. The smallest absolute Gasteiger partial charge is 0.310 e. The van der Waals surface area contributed by atoms with Crippen molar-refractivity contribution in [3.63, 3.8) is 0 Å². The highest BCUT2D eigenvalue weighted by atomic mass is 16.5. The summed E-state index contributed by atoms with van der Waals surface area (Å²) in [6, 6.07) is 0. The first-order valence-corrected chi connectivity index (χ1v) is 6.19. The molecule has 4 nitrogen and oxygen atoms in total. The van der Waals surface area contributed by atoms with E-state index in [1.165, 1.54) is 0 Å². The zero-order chi connectivity index (χ0) is 12.2.